The molecule has 1 rings (SSSR count). The number of amides is 6. The molecule has 44 heavy (non-hydrogen) atoms. The van der Waals surface area contributed by atoms with Gasteiger partial charge in [-0.15, -0.1) is 0 Å². The van der Waals surface area contributed by atoms with E-state index in [1.807, 2.05) is 34.6 Å². The quantitative estimate of drug-likeness (QED) is 0.135. The number of ether oxygens (including phenoxy) is 1. The highest BCUT2D eigenvalue weighted by Gasteiger charge is 2.21. The first-order chi connectivity index (χ1) is 21.1. The lowest BCUT2D eigenvalue weighted by Gasteiger charge is -2.19. The molecule has 0 saturated carbocycles. The fraction of sp³-hybridized carbons (Fsp3) is 0.645. The average molecular weight is 627 g/mol. The van der Waals surface area contributed by atoms with Crippen molar-refractivity contribution in [3.8, 4) is 0 Å². The summed E-state index contributed by atoms with van der Waals surface area (Å²) in [5.41, 5.74) is 6.18. The summed E-state index contributed by atoms with van der Waals surface area (Å²) in [6.07, 6.45) is 2.00. The molecule has 1 aromatic carbocycles. The Morgan fingerprint density at radius 2 is 1.48 bits per heavy atom. The van der Waals surface area contributed by atoms with Gasteiger partial charge in [-0.2, -0.15) is 0 Å². The van der Waals surface area contributed by atoms with Crippen LogP contribution >= 0.6 is 0 Å². The molecule has 0 aliphatic heterocycles. The molecule has 2 atom stereocenters. The summed E-state index contributed by atoms with van der Waals surface area (Å²) >= 11 is 0. The van der Waals surface area contributed by atoms with Crippen LogP contribution in [0.5, 0.6) is 0 Å². The number of primary amides is 1. The highest BCUT2D eigenvalue weighted by molar-refractivity contribution is 5.97. The predicted octanol–water partition coefficient (Wildman–Crippen LogP) is 3.94. The number of urea groups is 1. The summed E-state index contributed by atoms with van der Waals surface area (Å²) in [5, 5.41) is 22.2. The molecule has 6 amide bonds. The summed E-state index contributed by atoms with van der Waals surface area (Å²) in [7, 11) is 0. The summed E-state index contributed by atoms with van der Waals surface area (Å²) < 4.78 is 5.09. The zero-order valence-electron chi connectivity index (χ0n) is 28.0. The van der Waals surface area contributed by atoms with Crippen molar-refractivity contribution in [3.05, 3.63) is 29.8 Å². The molecule has 0 saturated heterocycles. The van der Waals surface area contributed by atoms with E-state index >= 15 is 0 Å². The van der Waals surface area contributed by atoms with Crippen molar-refractivity contribution in [2.24, 2.45) is 5.73 Å². The first-order valence-electron chi connectivity index (χ1n) is 15.6. The van der Waals surface area contributed by atoms with Gasteiger partial charge < -0.3 is 42.2 Å². The molecular formula is C31H58N6O7. The molecule has 0 heterocycles. The molecule has 0 radical (unpaired) electrons. The number of hydrogen-bond donors (Lipinski definition) is 7. The summed E-state index contributed by atoms with van der Waals surface area (Å²) in [4.78, 5) is 59.3. The molecule has 0 aliphatic rings. The van der Waals surface area contributed by atoms with Crippen LogP contribution in [-0.2, 0) is 25.7 Å². The Hall–Kier alpha value is -3.87. The van der Waals surface area contributed by atoms with E-state index in [-0.39, 0.29) is 38.6 Å². The number of nitrogens with two attached hydrogens (primary N) is 1. The first-order valence-corrected chi connectivity index (χ1v) is 15.6. The number of hydrogen-bond acceptors (Lipinski definition) is 7. The Kier molecular flexibility index (Phi) is 31.0. The van der Waals surface area contributed by atoms with Gasteiger partial charge in [-0.25, -0.2) is 9.59 Å². The van der Waals surface area contributed by atoms with Crippen molar-refractivity contribution >= 4 is 35.5 Å². The Morgan fingerprint density at radius 1 is 0.886 bits per heavy atom. The van der Waals surface area contributed by atoms with Crippen LogP contribution in [0.1, 0.15) is 99.5 Å². The molecular weight excluding hydrogens is 568 g/mol. The largest absolute Gasteiger partial charge is 0.445 e. The molecule has 254 valence electrons. The van der Waals surface area contributed by atoms with Crippen LogP contribution in [-0.4, -0.2) is 66.7 Å². The van der Waals surface area contributed by atoms with Crippen molar-refractivity contribution in [2.75, 3.05) is 25.0 Å². The number of carbonyl (C=O) groups excluding carboxylic acids is 5. The first kappa shape index (κ1) is 44.6. The van der Waals surface area contributed by atoms with Crippen molar-refractivity contribution in [3.63, 3.8) is 0 Å². The Morgan fingerprint density at radius 3 is 2.00 bits per heavy atom. The number of alkyl carbamates (subject to hydrolysis) is 1. The maximum Gasteiger partial charge on any atom is 0.407 e. The van der Waals surface area contributed by atoms with E-state index in [0.717, 1.165) is 0 Å². The number of carbonyl (C=O) groups is 5. The molecule has 0 bridgehead atoms. The minimum atomic E-state index is -0.921. The van der Waals surface area contributed by atoms with E-state index in [0.29, 0.717) is 36.9 Å². The fourth-order valence-electron chi connectivity index (χ4n) is 2.99. The van der Waals surface area contributed by atoms with Gasteiger partial charge in [0.15, 0.2) is 0 Å². The highest BCUT2D eigenvalue weighted by Crippen LogP contribution is 2.12. The lowest BCUT2D eigenvalue weighted by molar-refractivity contribution is -0.128. The van der Waals surface area contributed by atoms with Crippen LogP contribution in [0.4, 0.5) is 15.3 Å². The number of anilines is 1. The predicted molar refractivity (Wildman–Crippen MR) is 175 cm³/mol. The fourth-order valence-corrected chi connectivity index (χ4v) is 2.99. The van der Waals surface area contributed by atoms with Gasteiger partial charge in [0.25, 0.3) is 0 Å². The smallest absolute Gasteiger partial charge is 0.407 e. The summed E-state index contributed by atoms with van der Waals surface area (Å²) in [6, 6.07) is 4.95. The molecule has 2 unspecified atom stereocenters. The van der Waals surface area contributed by atoms with E-state index in [2.05, 4.69) is 40.4 Å². The van der Waals surface area contributed by atoms with E-state index in [1.165, 1.54) is 6.42 Å². The molecule has 0 fully saturated rings. The topological polar surface area (TPSA) is 201 Å². The van der Waals surface area contributed by atoms with Crippen molar-refractivity contribution in [1.29, 1.82) is 0 Å². The lowest BCUT2D eigenvalue weighted by atomic mass is 10.1. The van der Waals surface area contributed by atoms with Crippen LogP contribution in [0.15, 0.2) is 24.3 Å². The van der Waals surface area contributed by atoms with Crippen LogP contribution in [0, 0.1) is 0 Å². The molecule has 1 aromatic rings. The van der Waals surface area contributed by atoms with Crippen molar-refractivity contribution in [2.45, 2.75) is 113 Å². The van der Waals surface area contributed by atoms with Crippen LogP contribution in [0.3, 0.4) is 0 Å². The maximum absolute atomic E-state index is 12.8. The molecule has 0 aromatic heterocycles. The SMILES string of the molecule is CC.CC.CCC.CCCC(=O)NCC(=O)NC(CCCNC(N)=O)C(=O)Nc1ccc(COC(=O)NCC(O)CC)cc1. The summed E-state index contributed by atoms with van der Waals surface area (Å²) in [5.74, 6) is -1.26. The number of aliphatic hydroxyl groups excluding tert-OH is 1. The monoisotopic (exact) mass is 626 g/mol. The van der Waals surface area contributed by atoms with E-state index in [1.54, 1.807) is 31.2 Å². The third-order valence-electron chi connectivity index (χ3n) is 5.09. The van der Waals surface area contributed by atoms with Gasteiger partial charge in [0, 0.05) is 25.2 Å². The van der Waals surface area contributed by atoms with Gasteiger partial charge in [0.2, 0.25) is 17.7 Å². The van der Waals surface area contributed by atoms with E-state index < -0.39 is 36.1 Å². The Labute approximate surface area is 263 Å². The molecule has 13 nitrogen and oxygen atoms in total. The minimum Gasteiger partial charge on any atom is -0.445 e. The third-order valence-corrected chi connectivity index (χ3v) is 5.09. The standard InChI is InChI=1S/C24H38N6O7.C3H8.2C2H6/c1-3-6-20(32)27-14-21(33)30-19(7-5-12-26-23(25)35)22(34)29-17-10-8-16(9-11-17)15-37-24(36)28-13-18(31)4-2;1-3-2;2*1-2/h8-11,18-19,31H,3-7,12-15H2,1-2H3,(H,27,32)(H,28,36)(H,29,34)(H,30,33)(H3,25,26,35);3H2,1-2H3;2*1-2H3. The normalized spacial score (nSPS) is 10.8. The molecule has 13 heteroatoms. The van der Waals surface area contributed by atoms with Crippen LogP contribution in [0.25, 0.3) is 0 Å². The zero-order chi connectivity index (χ0) is 34.3. The van der Waals surface area contributed by atoms with Gasteiger partial charge in [-0.3, -0.25) is 14.4 Å². The van der Waals surface area contributed by atoms with Crippen LogP contribution < -0.4 is 32.3 Å². The number of rotatable bonds is 16. The van der Waals surface area contributed by atoms with Gasteiger partial charge in [0.05, 0.1) is 12.6 Å². The van der Waals surface area contributed by atoms with Gasteiger partial charge in [0.1, 0.15) is 12.6 Å². The van der Waals surface area contributed by atoms with Gasteiger partial charge >= 0.3 is 12.1 Å². The average Bonchev–Trinajstić information content (AvgIpc) is 3.02. The maximum atomic E-state index is 12.8. The zero-order valence-corrected chi connectivity index (χ0v) is 28.0. The highest BCUT2D eigenvalue weighted by atomic mass is 16.5. The number of aliphatic hydroxyl groups is 1. The second-order valence-corrected chi connectivity index (χ2v) is 8.99. The molecule has 8 N–H and O–H groups in total. The van der Waals surface area contributed by atoms with Crippen molar-refractivity contribution in [1.82, 2.24) is 21.3 Å². The van der Waals surface area contributed by atoms with E-state index in [4.69, 9.17) is 10.5 Å². The Bertz CT molecular complexity index is 913. The van der Waals surface area contributed by atoms with Gasteiger partial charge in [-0.1, -0.05) is 73.9 Å². The lowest BCUT2D eigenvalue weighted by Crippen LogP contribution is -2.47. The van der Waals surface area contributed by atoms with Gasteiger partial charge in [-0.05, 0) is 43.4 Å². The number of benzene rings is 1. The van der Waals surface area contributed by atoms with Crippen LogP contribution in [0.2, 0.25) is 0 Å². The second-order valence-electron chi connectivity index (χ2n) is 8.99. The van der Waals surface area contributed by atoms with E-state index in [9.17, 15) is 29.1 Å². The third kappa shape index (κ3) is 25.8. The minimum absolute atomic E-state index is 0.00240. The number of nitrogens with one attached hydrogen (secondary N) is 5. The Balaban J connectivity index is -0.00000221. The second kappa shape index (κ2) is 30.6. The molecule has 0 spiro atoms. The molecule has 0 aliphatic carbocycles. The summed E-state index contributed by atoms with van der Waals surface area (Å²) in [6.45, 7) is 15.9. The van der Waals surface area contributed by atoms with Crippen molar-refractivity contribution < 1.29 is 33.8 Å².